The molecule has 7 nitrogen and oxygen atoms in total. The first-order valence-electron chi connectivity index (χ1n) is 7.53. The normalized spacial score (nSPS) is 16.5. The van der Waals surface area contributed by atoms with Gasteiger partial charge in [0.1, 0.15) is 0 Å². The number of nitrogens with two attached hydrogens (primary N) is 2. The molecule has 2 rings (SSSR count). The van der Waals surface area contributed by atoms with Gasteiger partial charge in [0.15, 0.2) is 5.13 Å². The van der Waals surface area contributed by atoms with E-state index < -0.39 is 0 Å². The van der Waals surface area contributed by atoms with Crippen LogP contribution in [0.2, 0.25) is 0 Å². The molecule has 0 spiro atoms. The smallest absolute Gasteiger partial charge is 0.231 e. The Bertz CT molecular complexity index is 511. The minimum atomic E-state index is -0.314. The number of likely N-dealkylation sites (tertiary alicyclic amines) is 1. The van der Waals surface area contributed by atoms with Crippen molar-refractivity contribution in [2.45, 2.75) is 25.7 Å². The lowest BCUT2D eigenvalue weighted by Crippen LogP contribution is -2.43. The maximum atomic E-state index is 12.1. The van der Waals surface area contributed by atoms with Gasteiger partial charge >= 0.3 is 0 Å². The van der Waals surface area contributed by atoms with Crippen molar-refractivity contribution in [1.29, 1.82) is 0 Å². The van der Waals surface area contributed by atoms with E-state index in [1.54, 1.807) is 0 Å². The molecule has 1 fully saturated rings. The van der Waals surface area contributed by atoms with Crippen LogP contribution in [0.25, 0.3) is 0 Å². The Morgan fingerprint density at radius 1 is 1.41 bits per heavy atom. The van der Waals surface area contributed by atoms with Gasteiger partial charge in [0.2, 0.25) is 11.8 Å². The number of rotatable bonds is 7. The number of amides is 2. The van der Waals surface area contributed by atoms with Crippen molar-refractivity contribution in [3.05, 3.63) is 11.1 Å². The number of anilines is 1. The van der Waals surface area contributed by atoms with Crippen molar-refractivity contribution >= 4 is 28.3 Å². The van der Waals surface area contributed by atoms with E-state index in [4.69, 9.17) is 11.5 Å². The number of aryl methyl sites for hydroxylation is 1. The molecule has 1 aromatic rings. The second kappa shape index (κ2) is 8.09. The minimum Gasteiger partial charge on any atom is -0.375 e. The van der Waals surface area contributed by atoms with Crippen LogP contribution in [0.4, 0.5) is 5.13 Å². The van der Waals surface area contributed by atoms with Gasteiger partial charge in [-0.25, -0.2) is 4.98 Å². The van der Waals surface area contributed by atoms with E-state index in [0.717, 1.165) is 44.5 Å². The van der Waals surface area contributed by atoms with Gasteiger partial charge in [-0.05, 0) is 38.8 Å². The van der Waals surface area contributed by atoms with Crippen LogP contribution in [0.15, 0.2) is 5.38 Å². The zero-order valence-corrected chi connectivity index (χ0v) is 13.4. The summed E-state index contributed by atoms with van der Waals surface area (Å²) < 4.78 is 0. The number of carbonyl (C=O) groups excluding carboxylic acids is 2. The van der Waals surface area contributed by atoms with Crippen LogP contribution in [-0.4, -0.2) is 47.9 Å². The SMILES string of the molecule is NC(=O)CN1CCC(C(=O)NCCCc2csc(N)n2)CC1. The van der Waals surface area contributed by atoms with Gasteiger partial charge in [-0.1, -0.05) is 0 Å². The Kier molecular flexibility index (Phi) is 6.14. The molecule has 0 bridgehead atoms. The average molecular weight is 325 g/mol. The van der Waals surface area contributed by atoms with Gasteiger partial charge in [-0.2, -0.15) is 0 Å². The van der Waals surface area contributed by atoms with Crippen LogP contribution in [0.3, 0.4) is 0 Å². The summed E-state index contributed by atoms with van der Waals surface area (Å²) in [5, 5.41) is 5.52. The third-order valence-corrected chi connectivity index (χ3v) is 4.54. The molecule has 2 heterocycles. The highest BCUT2D eigenvalue weighted by Gasteiger charge is 2.25. The number of nitrogens with one attached hydrogen (secondary N) is 1. The van der Waals surface area contributed by atoms with E-state index in [-0.39, 0.29) is 24.3 Å². The topological polar surface area (TPSA) is 114 Å². The fraction of sp³-hybridized carbons (Fsp3) is 0.643. The lowest BCUT2D eigenvalue weighted by Gasteiger charge is -2.30. The number of nitrogens with zero attached hydrogens (tertiary/aromatic N) is 2. The molecule has 22 heavy (non-hydrogen) atoms. The van der Waals surface area contributed by atoms with E-state index in [9.17, 15) is 9.59 Å². The van der Waals surface area contributed by atoms with Crippen molar-refractivity contribution in [1.82, 2.24) is 15.2 Å². The van der Waals surface area contributed by atoms with E-state index >= 15 is 0 Å². The predicted octanol–water partition coefficient (Wildman–Crippen LogP) is -0.0286. The molecule has 2 amide bonds. The third kappa shape index (κ3) is 5.27. The van der Waals surface area contributed by atoms with Crippen molar-refractivity contribution in [2.24, 2.45) is 11.7 Å². The molecule has 1 saturated heterocycles. The average Bonchev–Trinajstić information content (AvgIpc) is 2.89. The molecular weight excluding hydrogens is 302 g/mol. The van der Waals surface area contributed by atoms with Crippen LogP contribution in [0.1, 0.15) is 25.0 Å². The summed E-state index contributed by atoms with van der Waals surface area (Å²) in [5.74, 6) is -0.166. The Morgan fingerprint density at radius 2 is 2.14 bits per heavy atom. The van der Waals surface area contributed by atoms with Gasteiger partial charge in [0.05, 0.1) is 12.2 Å². The minimum absolute atomic E-state index is 0.0408. The zero-order valence-electron chi connectivity index (χ0n) is 12.6. The molecule has 1 aromatic heterocycles. The molecule has 122 valence electrons. The Hall–Kier alpha value is -1.67. The number of nitrogen functional groups attached to an aromatic ring is 1. The van der Waals surface area contributed by atoms with Gasteiger partial charge in [-0.15, -0.1) is 11.3 Å². The zero-order chi connectivity index (χ0) is 15.9. The summed E-state index contributed by atoms with van der Waals surface area (Å²) in [6, 6.07) is 0. The number of aromatic nitrogens is 1. The Balaban J connectivity index is 1.61. The van der Waals surface area contributed by atoms with Gasteiger partial charge in [0, 0.05) is 17.8 Å². The second-order valence-corrected chi connectivity index (χ2v) is 6.48. The van der Waals surface area contributed by atoms with E-state index in [0.29, 0.717) is 11.7 Å². The molecule has 0 saturated carbocycles. The molecule has 0 atom stereocenters. The first-order chi connectivity index (χ1) is 10.5. The fourth-order valence-electron chi connectivity index (χ4n) is 2.64. The van der Waals surface area contributed by atoms with E-state index in [1.807, 2.05) is 10.3 Å². The molecule has 0 aromatic carbocycles. The molecule has 1 aliphatic rings. The van der Waals surface area contributed by atoms with Crippen molar-refractivity contribution in [2.75, 3.05) is 31.9 Å². The van der Waals surface area contributed by atoms with Crippen LogP contribution in [0.5, 0.6) is 0 Å². The molecule has 8 heteroatoms. The summed E-state index contributed by atoms with van der Waals surface area (Å²) in [6.07, 6.45) is 3.24. The number of carbonyl (C=O) groups is 2. The molecule has 0 radical (unpaired) electrons. The van der Waals surface area contributed by atoms with Crippen LogP contribution in [-0.2, 0) is 16.0 Å². The van der Waals surface area contributed by atoms with E-state index in [2.05, 4.69) is 10.3 Å². The highest BCUT2D eigenvalue weighted by Crippen LogP contribution is 2.17. The molecule has 0 aliphatic carbocycles. The maximum Gasteiger partial charge on any atom is 0.231 e. The first kappa shape index (κ1) is 16.7. The number of primary amides is 1. The Labute approximate surface area is 134 Å². The number of thiazole rings is 1. The molecule has 1 aliphatic heterocycles. The lowest BCUT2D eigenvalue weighted by molar-refractivity contribution is -0.126. The van der Waals surface area contributed by atoms with Crippen LogP contribution in [0, 0.1) is 5.92 Å². The van der Waals surface area contributed by atoms with Crippen molar-refractivity contribution < 1.29 is 9.59 Å². The largest absolute Gasteiger partial charge is 0.375 e. The highest BCUT2D eigenvalue weighted by atomic mass is 32.1. The van der Waals surface area contributed by atoms with Crippen molar-refractivity contribution in [3.8, 4) is 0 Å². The van der Waals surface area contributed by atoms with E-state index in [1.165, 1.54) is 11.3 Å². The van der Waals surface area contributed by atoms with Crippen LogP contribution < -0.4 is 16.8 Å². The predicted molar refractivity (Wildman–Crippen MR) is 86.2 cm³/mol. The van der Waals surface area contributed by atoms with Crippen molar-refractivity contribution in [3.63, 3.8) is 0 Å². The van der Waals surface area contributed by atoms with Crippen LogP contribution >= 0.6 is 11.3 Å². The third-order valence-electron chi connectivity index (χ3n) is 3.82. The van der Waals surface area contributed by atoms with Gasteiger partial charge < -0.3 is 16.8 Å². The standard InChI is InChI=1S/C14H23N5O2S/c15-12(20)8-19-6-3-10(4-7-19)13(21)17-5-1-2-11-9-22-14(16)18-11/h9-10H,1-8H2,(H2,15,20)(H2,16,18)(H,17,21). The summed E-state index contributed by atoms with van der Waals surface area (Å²) in [7, 11) is 0. The molecule has 5 N–H and O–H groups in total. The summed E-state index contributed by atoms with van der Waals surface area (Å²) in [4.78, 5) is 29.1. The molecular formula is C14H23N5O2S. The summed E-state index contributed by atoms with van der Waals surface area (Å²) >= 11 is 1.44. The van der Waals surface area contributed by atoms with Gasteiger partial charge in [-0.3, -0.25) is 14.5 Å². The number of hydrogen-bond acceptors (Lipinski definition) is 6. The lowest BCUT2D eigenvalue weighted by atomic mass is 9.96. The second-order valence-electron chi connectivity index (χ2n) is 5.59. The number of piperidine rings is 1. The maximum absolute atomic E-state index is 12.1. The number of hydrogen-bond donors (Lipinski definition) is 3. The summed E-state index contributed by atoms with van der Waals surface area (Å²) in [5.41, 5.74) is 11.7. The van der Waals surface area contributed by atoms with Gasteiger partial charge in [0.25, 0.3) is 0 Å². The monoisotopic (exact) mass is 325 g/mol. The quantitative estimate of drug-likeness (QED) is 0.609. The summed E-state index contributed by atoms with van der Waals surface area (Å²) in [6.45, 7) is 2.43. The highest BCUT2D eigenvalue weighted by molar-refractivity contribution is 7.13. The fourth-order valence-corrected chi connectivity index (χ4v) is 3.23. The first-order valence-corrected chi connectivity index (χ1v) is 8.41. The molecule has 0 unspecified atom stereocenters. The Morgan fingerprint density at radius 3 is 2.73 bits per heavy atom.